The molecule has 5 heteroatoms. The Hall–Kier alpha value is -0.910. The van der Waals surface area contributed by atoms with Gasteiger partial charge in [-0.3, -0.25) is 4.79 Å². The molecular weight excluding hydrogens is 286 g/mol. The van der Waals surface area contributed by atoms with Gasteiger partial charge in [-0.15, -0.1) is 0 Å². The van der Waals surface area contributed by atoms with Gasteiger partial charge in [-0.25, -0.2) is 0 Å². The van der Waals surface area contributed by atoms with Gasteiger partial charge in [0.1, 0.15) is 6.10 Å². The molecule has 0 aromatic heterocycles. The van der Waals surface area contributed by atoms with Gasteiger partial charge in [0.15, 0.2) is 0 Å². The Morgan fingerprint density at radius 1 is 1.35 bits per heavy atom. The second-order valence-corrected chi connectivity index (χ2v) is 4.75. The van der Waals surface area contributed by atoms with E-state index < -0.39 is 12.2 Å². The van der Waals surface area contributed by atoms with Gasteiger partial charge < -0.3 is 15.5 Å². The zero-order valence-corrected chi connectivity index (χ0v) is 11.1. The summed E-state index contributed by atoms with van der Waals surface area (Å²) < 4.78 is 0.918. The number of carbonyl (C=O) groups excluding carboxylic acids is 1. The topological polar surface area (TPSA) is 69.6 Å². The predicted octanol–water partition coefficient (Wildman–Crippen LogP) is 1.37. The molecule has 4 nitrogen and oxygen atoms in total. The van der Waals surface area contributed by atoms with E-state index in [1.807, 2.05) is 0 Å². The maximum absolute atomic E-state index is 10.6. The van der Waals surface area contributed by atoms with Crippen molar-refractivity contribution < 1.29 is 15.0 Å². The highest BCUT2D eigenvalue weighted by molar-refractivity contribution is 9.10. The fourth-order valence-electron chi connectivity index (χ4n) is 1.44. The van der Waals surface area contributed by atoms with Crippen molar-refractivity contribution in [1.29, 1.82) is 0 Å². The van der Waals surface area contributed by atoms with Gasteiger partial charge in [0.05, 0.1) is 6.10 Å². The van der Waals surface area contributed by atoms with Gasteiger partial charge in [-0.1, -0.05) is 28.1 Å². The molecule has 1 amide bonds. The molecule has 2 atom stereocenters. The SMILES string of the molecule is CC(=O)NCCC(O)C(O)c1ccc(Br)cc1. The van der Waals surface area contributed by atoms with Gasteiger partial charge >= 0.3 is 0 Å². The van der Waals surface area contributed by atoms with E-state index in [-0.39, 0.29) is 5.91 Å². The normalized spacial score (nSPS) is 14.1. The number of halogens is 1. The number of hydrogen-bond donors (Lipinski definition) is 3. The minimum atomic E-state index is -0.933. The number of carbonyl (C=O) groups is 1. The van der Waals surface area contributed by atoms with Crippen LogP contribution in [0.3, 0.4) is 0 Å². The van der Waals surface area contributed by atoms with E-state index in [1.54, 1.807) is 24.3 Å². The number of benzene rings is 1. The summed E-state index contributed by atoms with van der Waals surface area (Å²) in [6.07, 6.45) is -1.50. The zero-order chi connectivity index (χ0) is 12.8. The lowest BCUT2D eigenvalue weighted by atomic mass is 10.0. The first kappa shape index (κ1) is 14.2. The van der Waals surface area contributed by atoms with Gasteiger partial charge in [0, 0.05) is 17.9 Å². The first-order chi connectivity index (χ1) is 8.00. The number of nitrogens with one attached hydrogen (secondary N) is 1. The van der Waals surface area contributed by atoms with E-state index in [0.717, 1.165) is 4.47 Å². The van der Waals surface area contributed by atoms with E-state index in [2.05, 4.69) is 21.2 Å². The van der Waals surface area contributed by atoms with Crippen molar-refractivity contribution in [3.05, 3.63) is 34.3 Å². The summed E-state index contributed by atoms with van der Waals surface area (Å²) in [6, 6.07) is 7.10. The van der Waals surface area contributed by atoms with Gasteiger partial charge in [-0.2, -0.15) is 0 Å². The number of aliphatic hydroxyl groups excluding tert-OH is 2. The molecule has 0 aliphatic rings. The van der Waals surface area contributed by atoms with Crippen LogP contribution in [0.2, 0.25) is 0 Å². The molecule has 2 unspecified atom stereocenters. The smallest absolute Gasteiger partial charge is 0.216 e. The Bertz CT molecular complexity index is 367. The molecule has 94 valence electrons. The summed E-state index contributed by atoms with van der Waals surface area (Å²) in [7, 11) is 0. The van der Waals surface area contributed by atoms with Crippen LogP contribution in [0.4, 0.5) is 0 Å². The minimum Gasteiger partial charge on any atom is -0.390 e. The Kier molecular flexibility index (Phi) is 5.61. The molecule has 3 N–H and O–H groups in total. The highest BCUT2D eigenvalue weighted by Gasteiger charge is 2.17. The van der Waals surface area contributed by atoms with Crippen LogP contribution in [-0.2, 0) is 4.79 Å². The number of amides is 1. The Morgan fingerprint density at radius 3 is 2.47 bits per heavy atom. The molecule has 1 aromatic carbocycles. The number of hydrogen-bond acceptors (Lipinski definition) is 3. The second kappa shape index (κ2) is 6.74. The molecule has 1 rings (SSSR count). The van der Waals surface area contributed by atoms with Crippen LogP contribution < -0.4 is 5.32 Å². The Balaban J connectivity index is 2.48. The summed E-state index contributed by atoms with van der Waals surface area (Å²) in [5, 5.41) is 22.2. The fourth-order valence-corrected chi connectivity index (χ4v) is 1.70. The average molecular weight is 302 g/mol. The molecule has 0 saturated heterocycles. The van der Waals surface area contributed by atoms with Crippen LogP contribution in [0.25, 0.3) is 0 Å². The van der Waals surface area contributed by atoms with Crippen molar-refractivity contribution in [3.8, 4) is 0 Å². The molecular formula is C12H16BrNO3. The maximum atomic E-state index is 10.6. The van der Waals surface area contributed by atoms with Crippen molar-refractivity contribution in [2.24, 2.45) is 0 Å². The summed E-state index contributed by atoms with van der Waals surface area (Å²) in [4.78, 5) is 10.6. The van der Waals surface area contributed by atoms with Crippen LogP contribution in [0, 0.1) is 0 Å². The third-order valence-corrected chi connectivity index (χ3v) is 2.92. The third-order valence-electron chi connectivity index (χ3n) is 2.39. The number of rotatable bonds is 5. The van der Waals surface area contributed by atoms with E-state index in [1.165, 1.54) is 6.92 Å². The monoisotopic (exact) mass is 301 g/mol. The second-order valence-electron chi connectivity index (χ2n) is 3.84. The van der Waals surface area contributed by atoms with E-state index in [4.69, 9.17) is 0 Å². The van der Waals surface area contributed by atoms with E-state index in [0.29, 0.717) is 18.5 Å². The van der Waals surface area contributed by atoms with Crippen molar-refractivity contribution >= 4 is 21.8 Å². The molecule has 17 heavy (non-hydrogen) atoms. The highest BCUT2D eigenvalue weighted by atomic mass is 79.9. The molecule has 0 spiro atoms. The molecule has 0 radical (unpaired) electrons. The third kappa shape index (κ3) is 4.85. The van der Waals surface area contributed by atoms with Gasteiger partial charge in [-0.05, 0) is 24.1 Å². The summed E-state index contributed by atoms with van der Waals surface area (Å²) in [6.45, 7) is 1.77. The average Bonchev–Trinajstić information content (AvgIpc) is 2.28. The Morgan fingerprint density at radius 2 is 1.94 bits per heavy atom. The largest absolute Gasteiger partial charge is 0.390 e. The van der Waals surface area contributed by atoms with Crippen LogP contribution in [0.15, 0.2) is 28.7 Å². The quantitative estimate of drug-likeness (QED) is 0.769. The molecule has 0 saturated carbocycles. The molecule has 0 heterocycles. The highest BCUT2D eigenvalue weighted by Crippen LogP contribution is 2.20. The minimum absolute atomic E-state index is 0.143. The Labute approximate surface area is 109 Å². The van der Waals surface area contributed by atoms with Crippen LogP contribution in [0.1, 0.15) is 25.0 Å². The molecule has 0 bridgehead atoms. The lowest BCUT2D eigenvalue weighted by Gasteiger charge is -2.18. The first-order valence-electron chi connectivity index (χ1n) is 5.36. The number of aliphatic hydroxyl groups is 2. The fraction of sp³-hybridized carbons (Fsp3) is 0.417. The molecule has 0 aliphatic carbocycles. The summed E-state index contributed by atoms with van der Waals surface area (Å²) in [5.74, 6) is -0.143. The van der Waals surface area contributed by atoms with Crippen LogP contribution in [0.5, 0.6) is 0 Å². The predicted molar refractivity (Wildman–Crippen MR) is 68.4 cm³/mol. The molecule has 1 aromatic rings. The van der Waals surface area contributed by atoms with Gasteiger partial charge in [0.2, 0.25) is 5.91 Å². The molecule has 0 fully saturated rings. The van der Waals surface area contributed by atoms with Crippen molar-refractivity contribution in [1.82, 2.24) is 5.32 Å². The van der Waals surface area contributed by atoms with Gasteiger partial charge in [0.25, 0.3) is 0 Å². The van der Waals surface area contributed by atoms with Crippen LogP contribution >= 0.6 is 15.9 Å². The van der Waals surface area contributed by atoms with Crippen molar-refractivity contribution in [3.63, 3.8) is 0 Å². The lowest BCUT2D eigenvalue weighted by Crippen LogP contribution is -2.27. The molecule has 0 aliphatic heterocycles. The van der Waals surface area contributed by atoms with Crippen LogP contribution in [-0.4, -0.2) is 28.8 Å². The van der Waals surface area contributed by atoms with Crippen molar-refractivity contribution in [2.45, 2.75) is 25.6 Å². The van der Waals surface area contributed by atoms with Crippen molar-refractivity contribution in [2.75, 3.05) is 6.54 Å². The first-order valence-corrected chi connectivity index (χ1v) is 6.16. The summed E-state index contributed by atoms with van der Waals surface area (Å²) in [5.41, 5.74) is 0.656. The standard InChI is InChI=1S/C12H16BrNO3/c1-8(15)14-7-6-11(16)12(17)9-2-4-10(13)5-3-9/h2-5,11-12,16-17H,6-7H2,1H3,(H,14,15). The zero-order valence-electron chi connectivity index (χ0n) is 9.56. The lowest BCUT2D eigenvalue weighted by molar-refractivity contribution is -0.119. The maximum Gasteiger partial charge on any atom is 0.216 e. The van der Waals surface area contributed by atoms with E-state index in [9.17, 15) is 15.0 Å². The van der Waals surface area contributed by atoms with E-state index >= 15 is 0 Å². The summed E-state index contributed by atoms with van der Waals surface area (Å²) >= 11 is 3.30.